The molecule has 1 heterocycles. The first-order valence-electron chi connectivity index (χ1n) is 6.80. The predicted octanol–water partition coefficient (Wildman–Crippen LogP) is 2.90. The number of nitrogens with zero attached hydrogens (tertiary/aromatic N) is 2. The van der Waals surface area contributed by atoms with Crippen LogP contribution in [0.5, 0.6) is 0 Å². The summed E-state index contributed by atoms with van der Waals surface area (Å²) < 4.78 is 1.92. The van der Waals surface area contributed by atoms with Crippen LogP contribution in [-0.4, -0.2) is 9.78 Å². The zero-order valence-corrected chi connectivity index (χ0v) is 12.3. The van der Waals surface area contributed by atoms with Crippen LogP contribution in [0.3, 0.4) is 0 Å². The van der Waals surface area contributed by atoms with E-state index in [1.807, 2.05) is 23.9 Å². The number of hydrogen-bond donors (Lipinski definition) is 2. The Labute approximate surface area is 114 Å². The number of benzene rings is 1. The van der Waals surface area contributed by atoms with E-state index < -0.39 is 0 Å². The molecule has 19 heavy (non-hydrogen) atoms. The average molecular weight is 260 g/mol. The molecule has 0 spiro atoms. The number of aryl methyl sites for hydroxylation is 1. The fourth-order valence-corrected chi connectivity index (χ4v) is 2.38. The molecule has 0 saturated carbocycles. The molecule has 0 aliphatic carbocycles. The van der Waals surface area contributed by atoms with Gasteiger partial charge in [-0.3, -0.25) is 16.0 Å². The maximum absolute atomic E-state index is 5.74. The van der Waals surface area contributed by atoms with Gasteiger partial charge in [-0.05, 0) is 24.3 Å². The molecule has 0 fully saturated rings. The molecule has 3 N–H and O–H groups in total. The van der Waals surface area contributed by atoms with Crippen molar-refractivity contribution in [1.29, 1.82) is 0 Å². The highest BCUT2D eigenvalue weighted by Crippen LogP contribution is 2.30. The number of para-hydroxylation sites is 1. The van der Waals surface area contributed by atoms with Crippen LogP contribution in [0.2, 0.25) is 0 Å². The van der Waals surface area contributed by atoms with Gasteiger partial charge in [0, 0.05) is 12.4 Å². The van der Waals surface area contributed by atoms with Crippen molar-refractivity contribution < 1.29 is 0 Å². The lowest BCUT2D eigenvalue weighted by Crippen LogP contribution is -2.29. The first kappa shape index (κ1) is 14.0. The van der Waals surface area contributed by atoms with E-state index in [1.54, 1.807) is 0 Å². The van der Waals surface area contributed by atoms with Gasteiger partial charge in [0.1, 0.15) is 0 Å². The quantitative estimate of drug-likeness (QED) is 0.656. The zero-order valence-electron chi connectivity index (χ0n) is 12.3. The fourth-order valence-electron chi connectivity index (χ4n) is 2.38. The monoisotopic (exact) mass is 260 g/mol. The van der Waals surface area contributed by atoms with Crippen molar-refractivity contribution in [2.75, 3.05) is 0 Å². The lowest BCUT2D eigenvalue weighted by molar-refractivity contribution is 0.331. The summed E-state index contributed by atoms with van der Waals surface area (Å²) in [4.78, 5) is 0. The van der Waals surface area contributed by atoms with Gasteiger partial charge < -0.3 is 0 Å². The molecule has 0 saturated heterocycles. The Morgan fingerprint density at radius 1 is 1.32 bits per heavy atom. The lowest BCUT2D eigenvalue weighted by atomic mass is 9.88. The molecule has 2 aromatic rings. The molecule has 4 nitrogen and oxygen atoms in total. The van der Waals surface area contributed by atoms with Crippen LogP contribution in [0.15, 0.2) is 24.3 Å². The third-order valence-electron chi connectivity index (χ3n) is 3.50. The largest absolute Gasteiger partial charge is 0.271 e. The fraction of sp³-hybridized carbons (Fsp3) is 0.533. The van der Waals surface area contributed by atoms with Crippen molar-refractivity contribution in [1.82, 2.24) is 15.2 Å². The number of nitrogens with two attached hydrogens (primary N) is 1. The SMILES string of the molecule is Cn1nc(C(CCC(C)(C)C)NN)c2ccccc21. The number of aromatic nitrogens is 2. The molecule has 2 rings (SSSR count). The first-order chi connectivity index (χ1) is 8.92. The van der Waals surface area contributed by atoms with E-state index >= 15 is 0 Å². The molecular formula is C15H24N4. The Kier molecular flexibility index (Phi) is 3.92. The van der Waals surface area contributed by atoms with Gasteiger partial charge in [-0.15, -0.1) is 0 Å². The molecule has 1 unspecified atom stereocenters. The van der Waals surface area contributed by atoms with Gasteiger partial charge in [-0.2, -0.15) is 5.10 Å². The normalized spacial score (nSPS) is 13.9. The molecular weight excluding hydrogens is 236 g/mol. The van der Waals surface area contributed by atoms with Crippen molar-refractivity contribution >= 4 is 10.9 Å². The van der Waals surface area contributed by atoms with Crippen molar-refractivity contribution in [3.8, 4) is 0 Å². The van der Waals surface area contributed by atoms with Crippen LogP contribution in [0.1, 0.15) is 45.3 Å². The third-order valence-corrected chi connectivity index (χ3v) is 3.50. The number of hydrazine groups is 1. The highest BCUT2D eigenvalue weighted by Gasteiger charge is 2.20. The molecule has 1 atom stereocenters. The number of rotatable bonds is 4. The highest BCUT2D eigenvalue weighted by molar-refractivity contribution is 5.82. The molecule has 0 aliphatic rings. The van der Waals surface area contributed by atoms with Gasteiger partial charge >= 0.3 is 0 Å². The van der Waals surface area contributed by atoms with Gasteiger partial charge in [0.25, 0.3) is 0 Å². The van der Waals surface area contributed by atoms with E-state index in [4.69, 9.17) is 5.84 Å². The lowest BCUT2D eigenvalue weighted by Gasteiger charge is -2.22. The van der Waals surface area contributed by atoms with E-state index in [9.17, 15) is 0 Å². The number of nitrogens with one attached hydrogen (secondary N) is 1. The minimum absolute atomic E-state index is 0.102. The Bertz CT molecular complexity index is 551. The Hall–Kier alpha value is -1.39. The Morgan fingerprint density at radius 2 is 2.00 bits per heavy atom. The molecule has 104 valence electrons. The summed E-state index contributed by atoms with van der Waals surface area (Å²) in [6, 6.07) is 8.38. The van der Waals surface area contributed by atoms with Crippen LogP contribution < -0.4 is 11.3 Å². The van der Waals surface area contributed by atoms with Crippen molar-refractivity contribution in [2.45, 2.75) is 39.7 Å². The topological polar surface area (TPSA) is 55.9 Å². The van der Waals surface area contributed by atoms with Crippen molar-refractivity contribution in [3.05, 3.63) is 30.0 Å². The minimum atomic E-state index is 0.102. The van der Waals surface area contributed by atoms with Crippen LogP contribution in [0.25, 0.3) is 10.9 Å². The van der Waals surface area contributed by atoms with E-state index in [-0.39, 0.29) is 6.04 Å². The molecule has 0 aliphatic heterocycles. The Morgan fingerprint density at radius 3 is 2.63 bits per heavy atom. The van der Waals surface area contributed by atoms with Crippen LogP contribution in [0.4, 0.5) is 0 Å². The summed E-state index contributed by atoms with van der Waals surface area (Å²) in [6.07, 6.45) is 2.09. The van der Waals surface area contributed by atoms with E-state index in [1.165, 1.54) is 5.39 Å². The maximum atomic E-state index is 5.74. The number of hydrogen-bond acceptors (Lipinski definition) is 3. The van der Waals surface area contributed by atoms with Gasteiger partial charge in [0.15, 0.2) is 0 Å². The summed E-state index contributed by atoms with van der Waals surface area (Å²) in [6.45, 7) is 6.74. The van der Waals surface area contributed by atoms with Gasteiger partial charge in [-0.25, -0.2) is 0 Å². The molecule has 0 bridgehead atoms. The molecule has 0 radical (unpaired) electrons. The summed E-state index contributed by atoms with van der Waals surface area (Å²) in [5.41, 5.74) is 5.42. The summed E-state index contributed by atoms with van der Waals surface area (Å²) in [7, 11) is 1.98. The highest BCUT2D eigenvalue weighted by atomic mass is 15.3. The summed E-state index contributed by atoms with van der Waals surface area (Å²) >= 11 is 0. The second kappa shape index (κ2) is 5.31. The van der Waals surface area contributed by atoms with Gasteiger partial charge in [-0.1, -0.05) is 39.0 Å². The van der Waals surface area contributed by atoms with Crippen LogP contribution in [-0.2, 0) is 7.05 Å². The van der Waals surface area contributed by atoms with Gasteiger partial charge in [0.05, 0.1) is 17.3 Å². The van der Waals surface area contributed by atoms with Crippen LogP contribution in [0, 0.1) is 5.41 Å². The summed E-state index contributed by atoms with van der Waals surface area (Å²) in [5, 5.41) is 5.82. The Balaban J connectivity index is 2.31. The molecule has 1 aromatic carbocycles. The van der Waals surface area contributed by atoms with E-state index in [0.29, 0.717) is 5.41 Å². The standard InChI is InChI=1S/C15H24N4/c1-15(2,3)10-9-12(17-16)14-11-7-5-6-8-13(11)19(4)18-14/h5-8,12,17H,9-10,16H2,1-4H3. The minimum Gasteiger partial charge on any atom is -0.271 e. The van der Waals surface area contributed by atoms with Gasteiger partial charge in [0.2, 0.25) is 0 Å². The molecule has 1 aromatic heterocycles. The van der Waals surface area contributed by atoms with E-state index in [0.717, 1.165) is 24.1 Å². The second-order valence-corrected chi connectivity index (χ2v) is 6.34. The smallest absolute Gasteiger partial charge is 0.0886 e. The van der Waals surface area contributed by atoms with Crippen molar-refractivity contribution in [3.63, 3.8) is 0 Å². The van der Waals surface area contributed by atoms with E-state index in [2.05, 4.69) is 43.4 Å². The average Bonchev–Trinajstić information content (AvgIpc) is 2.68. The zero-order chi connectivity index (χ0) is 14.0. The van der Waals surface area contributed by atoms with Crippen molar-refractivity contribution in [2.24, 2.45) is 18.3 Å². The third kappa shape index (κ3) is 3.14. The first-order valence-corrected chi connectivity index (χ1v) is 6.80. The maximum Gasteiger partial charge on any atom is 0.0886 e. The second-order valence-electron chi connectivity index (χ2n) is 6.34. The summed E-state index contributed by atoms with van der Waals surface area (Å²) in [5.74, 6) is 5.74. The van der Waals surface area contributed by atoms with Crippen LogP contribution >= 0.6 is 0 Å². The number of fused-ring (bicyclic) bond motifs is 1. The molecule has 0 amide bonds. The molecule has 4 heteroatoms. The predicted molar refractivity (Wildman–Crippen MR) is 79.5 cm³/mol.